The highest BCUT2D eigenvalue weighted by molar-refractivity contribution is 8.00. The Hall–Kier alpha value is -3.37. The van der Waals surface area contributed by atoms with Gasteiger partial charge < -0.3 is 4.42 Å². The zero-order valence-corrected chi connectivity index (χ0v) is 20.0. The second kappa shape index (κ2) is 9.47. The number of hydrogen-bond donors (Lipinski definition) is 2. The molecule has 0 radical (unpaired) electrons. The summed E-state index contributed by atoms with van der Waals surface area (Å²) in [5, 5.41) is 0.501. The highest BCUT2D eigenvalue weighted by Gasteiger charge is 2.25. The van der Waals surface area contributed by atoms with E-state index in [2.05, 4.69) is 10.9 Å². The minimum Gasteiger partial charge on any atom is -0.467 e. The van der Waals surface area contributed by atoms with Crippen molar-refractivity contribution in [2.24, 2.45) is 0 Å². The van der Waals surface area contributed by atoms with Crippen LogP contribution in [0.4, 0.5) is 0 Å². The lowest BCUT2D eigenvalue weighted by Crippen LogP contribution is -2.45. The van der Waals surface area contributed by atoms with Crippen LogP contribution < -0.4 is 16.4 Å². The standard InChI is InChI=1S/C24H22N4O4S2/c1-14(20(29)26-27-21(30)15-7-3-2-4-8-15)33-24-25-22-19(17-10-5-11-18(17)34-22)23(31)28(24)13-16-9-6-12-32-16/h2-4,6-9,12,14H,5,10-11,13H2,1H3,(H,26,29)(H,27,30). The van der Waals surface area contributed by atoms with E-state index in [1.807, 2.05) is 6.07 Å². The van der Waals surface area contributed by atoms with Gasteiger partial charge in [-0.15, -0.1) is 11.3 Å². The first-order valence-electron chi connectivity index (χ1n) is 10.9. The molecule has 0 fully saturated rings. The van der Waals surface area contributed by atoms with E-state index >= 15 is 0 Å². The highest BCUT2D eigenvalue weighted by atomic mass is 32.2. The van der Waals surface area contributed by atoms with Crippen LogP contribution in [0.2, 0.25) is 0 Å². The van der Waals surface area contributed by atoms with Crippen molar-refractivity contribution in [3.8, 4) is 0 Å². The van der Waals surface area contributed by atoms with E-state index < -0.39 is 17.1 Å². The summed E-state index contributed by atoms with van der Waals surface area (Å²) in [7, 11) is 0. The van der Waals surface area contributed by atoms with E-state index in [1.54, 1.807) is 65.5 Å². The number of benzene rings is 1. The van der Waals surface area contributed by atoms with Gasteiger partial charge in [-0.25, -0.2) is 4.98 Å². The topological polar surface area (TPSA) is 106 Å². The van der Waals surface area contributed by atoms with Crippen LogP contribution in [0.3, 0.4) is 0 Å². The van der Waals surface area contributed by atoms with Crippen molar-refractivity contribution in [2.75, 3.05) is 0 Å². The van der Waals surface area contributed by atoms with Crippen LogP contribution in [-0.2, 0) is 24.2 Å². The van der Waals surface area contributed by atoms with Crippen molar-refractivity contribution >= 4 is 45.1 Å². The molecule has 1 aromatic carbocycles. The van der Waals surface area contributed by atoms with Gasteiger partial charge in [0.05, 0.1) is 23.4 Å². The molecule has 1 aliphatic carbocycles. The summed E-state index contributed by atoms with van der Waals surface area (Å²) in [4.78, 5) is 45.2. The molecule has 0 saturated heterocycles. The van der Waals surface area contributed by atoms with Gasteiger partial charge in [-0.2, -0.15) is 0 Å². The van der Waals surface area contributed by atoms with Gasteiger partial charge in [-0.1, -0.05) is 30.0 Å². The lowest BCUT2D eigenvalue weighted by atomic mass is 10.2. The molecule has 0 spiro atoms. The summed E-state index contributed by atoms with van der Waals surface area (Å²) >= 11 is 2.73. The molecule has 3 heterocycles. The number of carbonyl (C=O) groups is 2. The van der Waals surface area contributed by atoms with E-state index in [0.717, 1.165) is 24.8 Å². The molecule has 2 amide bonds. The summed E-state index contributed by atoms with van der Waals surface area (Å²) < 4.78 is 7.04. The summed E-state index contributed by atoms with van der Waals surface area (Å²) in [6, 6.07) is 12.2. The van der Waals surface area contributed by atoms with Gasteiger partial charge in [-0.05, 0) is 56.0 Å². The molecule has 1 aliphatic rings. The number of aromatic nitrogens is 2. The van der Waals surface area contributed by atoms with Crippen LogP contribution in [0, 0.1) is 0 Å². The number of thioether (sulfide) groups is 1. The van der Waals surface area contributed by atoms with Crippen LogP contribution >= 0.6 is 23.1 Å². The monoisotopic (exact) mass is 494 g/mol. The largest absolute Gasteiger partial charge is 0.467 e. The maximum absolute atomic E-state index is 13.5. The van der Waals surface area contributed by atoms with Gasteiger partial charge in [-0.3, -0.25) is 29.8 Å². The number of nitrogens with one attached hydrogen (secondary N) is 2. The molecule has 0 bridgehead atoms. The predicted molar refractivity (Wildman–Crippen MR) is 131 cm³/mol. The normalized spacial score (nSPS) is 13.6. The molecule has 34 heavy (non-hydrogen) atoms. The Bertz CT molecular complexity index is 1410. The summed E-state index contributed by atoms with van der Waals surface area (Å²) in [5.41, 5.74) is 6.32. The van der Waals surface area contributed by atoms with Crippen LogP contribution in [0.25, 0.3) is 10.2 Å². The third-order valence-corrected chi connectivity index (χ3v) is 7.95. The molecule has 10 heteroatoms. The number of amides is 2. The number of fused-ring (bicyclic) bond motifs is 3. The van der Waals surface area contributed by atoms with Gasteiger partial charge in [0.15, 0.2) is 5.16 Å². The van der Waals surface area contributed by atoms with E-state index in [0.29, 0.717) is 26.7 Å². The van der Waals surface area contributed by atoms with Gasteiger partial charge in [0.2, 0.25) is 0 Å². The Balaban J connectivity index is 1.39. The lowest BCUT2D eigenvalue weighted by molar-refractivity contribution is -0.121. The smallest absolute Gasteiger partial charge is 0.269 e. The molecular formula is C24H22N4O4S2. The van der Waals surface area contributed by atoms with E-state index in [1.165, 1.54) is 16.6 Å². The molecule has 2 N–H and O–H groups in total. The van der Waals surface area contributed by atoms with Crippen molar-refractivity contribution in [1.29, 1.82) is 0 Å². The summed E-state index contributed by atoms with van der Waals surface area (Å²) in [6.07, 6.45) is 4.47. The van der Waals surface area contributed by atoms with Crippen molar-refractivity contribution in [2.45, 2.75) is 43.1 Å². The molecule has 0 saturated carbocycles. The molecular weight excluding hydrogens is 472 g/mol. The molecule has 8 nitrogen and oxygen atoms in total. The maximum atomic E-state index is 13.5. The van der Waals surface area contributed by atoms with Crippen molar-refractivity contribution < 1.29 is 14.0 Å². The first-order chi connectivity index (χ1) is 16.5. The molecule has 1 atom stereocenters. The summed E-state index contributed by atoms with van der Waals surface area (Å²) in [5.74, 6) is -0.181. The Morgan fingerprint density at radius 2 is 2.00 bits per heavy atom. The van der Waals surface area contributed by atoms with Gasteiger partial charge in [0.1, 0.15) is 10.6 Å². The van der Waals surface area contributed by atoms with Crippen LogP contribution in [0.15, 0.2) is 63.1 Å². The number of aryl methyl sites for hydroxylation is 2. The second-order valence-electron chi connectivity index (χ2n) is 7.97. The van der Waals surface area contributed by atoms with E-state index in [9.17, 15) is 14.4 Å². The van der Waals surface area contributed by atoms with Crippen molar-refractivity contribution in [3.63, 3.8) is 0 Å². The summed E-state index contributed by atoms with van der Waals surface area (Å²) in [6.45, 7) is 1.93. The average Bonchev–Trinajstić information content (AvgIpc) is 3.58. The number of carbonyl (C=O) groups excluding carboxylic acids is 2. The van der Waals surface area contributed by atoms with Crippen LogP contribution in [0.5, 0.6) is 0 Å². The third-order valence-electron chi connectivity index (χ3n) is 5.67. The SMILES string of the molecule is CC(Sc1nc2sc3c(c2c(=O)n1Cc1ccco1)CCC3)C(=O)NNC(=O)c1ccccc1. The number of thiophene rings is 1. The number of furan rings is 1. The first-order valence-corrected chi connectivity index (χ1v) is 12.6. The quantitative estimate of drug-likeness (QED) is 0.241. The van der Waals surface area contributed by atoms with Crippen molar-refractivity contribution in [1.82, 2.24) is 20.4 Å². The van der Waals surface area contributed by atoms with Crippen LogP contribution in [0.1, 0.15) is 39.9 Å². The Morgan fingerprint density at radius 3 is 2.76 bits per heavy atom. The van der Waals surface area contributed by atoms with Crippen molar-refractivity contribution in [3.05, 3.63) is 80.8 Å². The Kier molecular flexibility index (Phi) is 6.25. The lowest BCUT2D eigenvalue weighted by Gasteiger charge is -2.15. The Labute approximate surface area is 203 Å². The second-order valence-corrected chi connectivity index (χ2v) is 10.4. The number of nitrogens with zero attached hydrogens (tertiary/aromatic N) is 2. The van der Waals surface area contributed by atoms with E-state index in [-0.39, 0.29) is 12.1 Å². The fourth-order valence-electron chi connectivity index (χ4n) is 3.94. The highest BCUT2D eigenvalue weighted by Crippen LogP contribution is 2.36. The van der Waals surface area contributed by atoms with E-state index in [4.69, 9.17) is 9.40 Å². The minimum absolute atomic E-state index is 0.117. The van der Waals surface area contributed by atoms with Gasteiger partial charge >= 0.3 is 0 Å². The molecule has 3 aromatic heterocycles. The fourth-order valence-corrected chi connectivity index (χ4v) is 6.15. The average molecular weight is 495 g/mol. The van der Waals surface area contributed by atoms with Crippen LogP contribution in [-0.4, -0.2) is 26.6 Å². The van der Waals surface area contributed by atoms with Gasteiger partial charge in [0, 0.05) is 10.4 Å². The third kappa shape index (κ3) is 4.38. The molecule has 4 aromatic rings. The fraction of sp³-hybridized carbons (Fsp3) is 0.250. The maximum Gasteiger partial charge on any atom is 0.269 e. The molecule has 5 rings (SSSR count). The Morgan fingerprint density at radius 1 is 1.18 bits per heavy atom. The molecule has 1 unspecified atom stereocenters. The zero-order chi connectivity index (χ0) is 23.7. The first kappa shape index (κ1) is 22.4. The zero-order valence-electron chi connectivity index (χ0n) is 18.4. The predicted octanol–water partition coefficient (Wildman–Crippen LogP) is 3.53. The molecule has 174 valence electrons. The minimum atomic E-state index is -0.616. The van der Waals surface area contributed by atoms with Gasteiger partial charge in [0.25, 0.3) is 17.4 Å². The molecule has 0 aliphatic heterocycles. The number of rotatable bonds is 6. The number of hydrazine groups is 1. The number of hydrogen-bond acceptors (Lipinski definition) is 7.